The summed E-state index contributed by atoms with van der Waals surface area (Å²) in [6.45, 7) is 7.67. The van der Waals surface area contributed by atoms with Crippen molar-refractivity contribution in [1.82, 2.24) is 15.1 Å². The Labute approximate surface area is 131 Å². The lowest BCUT2D eigenvalue weighted by Crippen LogP contribution is -2.35. The molecule has 0 aliphatic carbocycles. The molecule has 0 saturated carbocycles. The maximum Gasteiger partial charge on any atom is 0.138 e. The first-order valence-corrected chi connectivity index (χ1v) is 7.35. The van der Waals surface area contributed by atoms with E-state index in [2.05, 4.69) is 31.2 Å². The van der Waals surface area contributed by atoms with Crippen LogP contribution in [0.1, 0.15) is 31.9 Å². The highest BCUT2D eigenvalue weighted by molar-refractivity contribution is 6.32. The molecule has 1 heterocycles. The third kappa shape index (κ3) is 5.06. The summed E-state index contributed by atoms with van der Waals surface area (Å²) in [5.41, 5.74) is 2.25. The number of rotatable bonds is 5. The summed E-state index contributed by atoms with van der Waals surface area (Å²) in [5, 5.41) is 8.17. The van der Waals surface area contributed by atoms with E-state index >= 15 is 0 Å². The molecule has 2 rings (SSSR count). The normalized spacial score (nSPS) is 11.7. The number of hydrogen-bond acceptors (Lipinski definition) is 3. The van der Waals surface area contributed by atoms with Gasteiger partial charge in [-0.2, -0.15) is 5.10 Å². The van der Waals surface area contributed by atoms with E-state index in [1.165, 1.54) is 0 Å². The number of halogens is 1. The Balaban J connectivity index is 1.95. The third-order valence-corrected chi connectivity index (χ3v) is 3.27. The van der Waals surface area contributed by atoms with Gasteiger partial charge in [-0.05, 0) is 38.5 Å². The van der Waals surface area contributed by atoms with E-state index in [1.54, 1.807) is 10.9 Å². The van der Waals surface area contributed by atoms with Crippen molar-refractivity contribution >= 4 is 11.6 Å². The number of aryl methyl sites for hydroxylation is 1. The van der Waals surface area contributed by atoms with Crippen molar-refractivity contribution < 1.29 is 4.74 Å². The zero-order valence-corrected chi connectivity index (χ0v) is 13.7. The molecule has 0 radical (unpaired) electrons. The second-order valence-corrected chi connectivity index (χ2v) is 6.59. The van der Waals surface area contributed by atoms with Gasteiger partial charge in [0.1, 0.15) is 12.4 Å². The lowest BCUT2D eigenvalue weighted by atomic mass is 10.1. The average molecular weight is 308 g/mol. The molecule has 21 heavy (non-hydrogen) atoms. The first-order valence-electron chi connectivity index (χ1n) is 6.97. The van der Waals surface area contributed by atoms with Crippen LogP contribution in [0.3, 0.4) is 0 Å². The number of ether oxygens (including phenoxy) is 1. The molecular weight excluding hydrogens is 286 g/mol. The summed E-state index contributed by atoms with van der Waals surface area (Å²) in [7, 11) is 1.88. The van der Waals surface area contributed by atoms with Crippen LogP contribution in [0.15, 0.2) is 30.6 Å². The van der Waals surface area contributed by atoms with Gasteiger partial charge >= 0.3 is 0 Å². The number of nitrogens with one attached hydrogen (secondary N) is 1. The first kappa shape index (κ1) is 15.9. The fourth-order valence-electron chi connectivity index (χ4n) is 1.85. The van der Waals surface area contributed by atoms with Gasteiger partial charge in [-0.25, -0.2) is 0 Å². The van der Waals surface area contributed by atoms with Gasteiger partial charge in [0.05, 0.1) is 11.2 Å². The molecular formula is C16H22ClN3O. The molecule has 0 atom stereocenters. The highest BCUT2D eigenvalue weighted by Gasteiger charge is 2.10. The second-order valence-electron chi connectivity index (χ2n) is 6.18. The molecule has 2 aromatic rings. The van der Waals surface area contributed by atoms with Crippen LogP contribution >= 0.6 is 11.6 Å². The Morgan fingerprint density at radius 1 is 1.29 bits per heavy atom. The zero-order chi connectivity index (χ0) is 15.5. The molecule has 0 amide bonds. The average Bonchev–Trinajstić information content (AvgIpc) is 2.80. The molecule has 0 bridgehead atoms. The van der Waals surface area contributed by atoms with Crippen molar-refractivity contribution in [3.05, 3.63) is 46.7 Å². The van der Waals surface area contributed by atoms with Crippen LogP contribution in [0.5, 0.6) is 5.75 Å². The predicted octanol–water partition coefficient (Wildman–Crippen LogP) is 3.54. The minimum Gasteiger partial charge on any atom is -0.487 e. The molecule has 1 N–H and O–H groups in total. The summed E-state index contributed by atoms with van der Waals surface area (Å²) >= 11 is 6.28. The summed E-state index contributed by atoms with van der Waals surface area (Å²) in [6, 6.07) is 5.89. The SMILES string of the molecule is Cn1cc(COc2ccc(CNC(C)(C)C)cc2Cl)cn1. The molecule has 1 aromatic heterocycles. The topological polar surface area (TPSA) is 39.1 Å². The molecule has 0 fully saturated rings. The van der Waals surface area contributed by atoms with Crippen LogP contribution in [0.25, 0.3) is 0 Å². The van der Waals surface area contributed by atoms with Gasteiger partial charge in [0, 0.05) is 30.9 Å². The maximum atomic E-state index is 6.28. The Hall–Kier alpha value is -1.52. The van der Waals surface area contributed by atoms with Crippen LogP contribution in [-0.4, -0.2) is 15.3 Å². The number of benzene rings is 1. The van der Waals surface area contributed by atoms with Crippen molar-refractivity contribution in [3.8, 4) is 5.75 Å². The molecule has 0 aliphatic rings. The fourth-order valence-corrected chi connectivity index (χ4v) is 2.10. The summed E-state index contributed by atoms with van der Waals surface area (Å²) in [5.74, 6) is 0.694. The summed E-state index contributed by atoms with van der Waals surface area (Å²) < 4.78 is 7.48. The molecule has 5 heteroatoms. The number of aromatic nitrogens is 2. The van der Waals surface area contributed by atoms with E-state index in [-0.39, 0.29) is 5.54 Å². The lowest BCUT2D eigenvalue weighted by Gasteiger charge is -2.20. The van der Waals surface area contributed by atoms with Crippen LogP contribution in [0.4, 0.5) is 0 Å². The highest BCUT2D eigenvalue weighted by atomic mass is 35.5. The van der Waals surface area contributed by atoms with E-state index in [1.807, 2.05) is 31.4 Å². The molecule has 0 unspecified atom stereocenters. The Morgan fingerprint density at radius 2 is 2.05 bits per heavy atom. The van der Waals surface area contributed by atoms with Crippen LogP contribution in [0.2, 0.25) is 5.02 Å². The van der Waals surface area contributed by atoms with E-state index in [0.717, 1.165) is 17.7 Å². The van der Waals surface area contributed by atoms with Crippen molar-refractivity contribution in [2.24, 2.45) is 7.05 Å². The first-order chi connectivity index (χ1) is 9.83. The minimum atomic E-state index is 0.0853. The molecule has 114 valence electrons. The Kier molecular flexibility index (Phi) is 4.91. The Bertz CT molecular complexity index is 602. The van der Waals surface area contributed by atoms with E-state index < -0.39 is 0 Å². The van der Waals surface area contributed by atoms with E-state index in [9.17, 15) is 0 Å². The van der Waals surface area contributed by atoms with Gasteiger partial charge in [-0.1, -0.05) is 17.7 Å². The van der Waals surface area contributed by atoms with Gasteiger partial charge < -0.3 is 10.1 Å². The standard InChI is InChI=1S/C16H22ClN3O/c1-16(2,3)18-8-12-5-6-15(14(17)7-12)21-11-13-9-19-20(4)10-13/h5-7,9-10,18H,8,11H2,1-4H3. The zero-order valence-electron chi connectivity index (χ0n) is 13.0. The molecule has 1 aromatic carbocycles. The number of nitrogens with zero attached hydrogens (tertiary/aromatic N) is 2. The van der Waals surface area contributed by atoms with E-state index in [4.69, 9.17) is 16.3 Å². The van der Waals surface area contributed by atoms with Gasteiger partial charge in [0.15, 0.2) is 0 Å². The van der Waals surface area contributed by atoms with Gasteiger partial charge in [0.25, 0.3) is 0 Å². The second kappa shape index (κ2) is 6.50. The molecule has 4 nitrogen and oxygen atoms in total. The quantitative estimate of drug-likeness (QED) is 0.918. The molecule has 0 spiro atoms. The van der Waals surface area contributed by atoms with Crippen LogP contribution < -0.4 is 10.1 Å². The molecule has 0 aliphatic heterocycles. The minimum absolute atomic E-state index is 0.0853. The summed E-state index contributed by atoms with van der Waals surface area (Å²) in [6.07, 6.45) is 3.71. The lowest BCUT2D eigenvalue weighted by molar-refractivity contribution is 0.306. The highest BCUT2D eigenvalue weighted by Crippen LogP contribution is 2.26. The van der Waals surface area contributed by atoms with Crippen molar-refractivity contribution in [3.63, 3.8) is 0 Å². The predicted molar refractivity (Wildman–Crippen MR) is 85.6 cm³/mol. The van der Waals surface area contributed by atoms with Crippen molar-refractivity contribution in [2.75, 3.05) is 0 Å². The molecule has 0 saturated heterocycles. The van der Waals surface area contributed by atoms with Gasteiger partial charge in [-0.15, -0.1) is 0 Å². The smallest absolute Gasteiger partial charge is 0.138 e. The monoisotopic (exact) mass is 307 g/mol. The van der Waals surface area contributed by atoms with Gasteiger partial charge in [0.2, 0.25) is 0 Å². The third-order valence-electron chi connectivity index (χ3n) is 2.97. The Morgan fingerprint density at radius 3 is 2.62 bits per heavy atom. The van der Waals surface area contributed by atoms with Crippen molar-refractivity contribution in [2.45, 2.75) is 39.5 Å². The largest absolute Gasteiger partial charge is 0.487 e. The van der Waals surface area contributed by atoms with Crippen LogP contribution in [-0.2, 0) is 20.2 Å². The number of hydrogen-bond donors (Lipinski definition) is 1. The van der Waals surface area contributed by atoms with Crippen molar-refractivity contribution in [1.29, 1.82) is 0 Å². The van der Waals surface area contributed by atoms with E-state index in [0.29, 0.717) is 17.4 Å². The summed E-state index contributed by atoms with van der Waals surface area (Å²) in [4.78, 5) is 0. The maximum absolute atomic E-state index is 6.28. The van der Waals surface area contributed by atoms with Crippen LogP contribution in [0, 0.1) is 0 Å². The van der Waals surface area contributed by atoms with Gasteiger partial charge in [-0.3, -0.25) is 4.68 Å². The fraction of sp³-hybridized carbons (Fsp3) is 0.438.